The lowest BCUT2D eigenvalue weighted by molar-refractivity contribution is 0.664. The number of hydrogen-bond acceptors (Lipinski definition) is 0. The average molecular weight is 436 g/mol. The molecule has 5 aromatic carbocycles. The molecule has 7 rings (SSSR count). The summed E-state index contributed by atoms with van der Waals surface area (Å²) >= 11 is 0. The van der Waals surface area contributed by atoms with Gasteiger partial charge in [0.15, 0.2) is 0 Å². The SMILES string of the molecule is CC1(C)c2ccccc2-c2ccc3c4ccccc4n(-c4ccc(-c5ccccc5)cc4)c3c21. The van der Waals surface area contributed by atoms with Crippen molar-refractivity contribution in [3.8, 4) is 27.9 Å². The molecule has 1 heterocycles. The van der Waals surface area contributed by atoms with E-state index >= 15 is 0 Å². The Balaban J connectivity index is 1.55. The van der Waals surface area contributed by atoms with Crippen LogP contribution in [0, 0.1) is 0 Å². The van der Waals surface area contributed by atoms with Crippen molar-refractivity contribution in [3.63, 3.8) is 0 Å². The Labute approximate surface area is 199 Å². The Morgan fingerprint density at radius 2 is 1.21 bits per heavy atom. The van der Waals surface area contributed by atoms with E-state index in [0.29, 0.717) is 0 Å². The van der Waals surface area contributed by atoms with Gasteiger partial charge in [0, 0.05) is 21.9 Å². The van der Waals surface area contributed by atoms with E-state index in [4.69, 9.17) is 0 Å². The van der Waals surface area contributed by atoms with Crippen molar-refractivity contribution in [2.45, 2.75) is 19.3 Å². The molecule has 0 radical (unpaired) electrons. The molecule has 1 aliphatic carbocycles. The Kier molecular flexibility index (Phi) is 3.96. The minimum absolute atomic E-state index is 0.0679. The van der Waals surface area contributed by atoms with E-state index in [2.05, 4.69) is 134 Å². The highest BCUT2D eigenvalue weighted by Crippen LogP contribution is 2.52. The maximum atomic E-state index is 2.48. The number of fused-ring (bicyclic) bond motifs is 7. The second kappa shape index (κ2) is 6.95. The second-order valence-corrected chi connectivity index (χ2v) is 9.82. The molecular weight excluding hydrogens is 410 g/mol. The minimum Gasteiger partial charge on any atom is -0.309 e. The molecule has 0 saturated heterocycles. The molecule has 1 aromatic heterocycles. The zero-order chi connectivity index (χ0) is 22.9. The van der Waals surface area contributed by atoms with Gasteiger partial charge < -0.3 is 4.57 Å². The topological polar surface area (TPSA) is 4.93 Å². The molecule has 162 valence electrons. The first-order chi connectivity index (χ1) is 16.6. The molecule has 1 nitrogen and oxygen atoms in total. The van der Waals surface area contributed by atoms with Crippen molar-refractivity contribution in [1.82, 2.24) is 4.57 Å². The van der Waals surface area contributed by atoms with Crippen molar-refractivity contribution >= 4 is 21.8 Å². The predicted molar refractivity (Wildman–Crippen MR) is 144 cm³/mol. The maximum Gasteiger partial charge on any atom is 0.0588 e. The summed E-state index contributed by atoms with van der Waals surface area (Å²) in [5.74, 6) is 0. The van der Waals surface area contributed by atoms with Crippen LogP contribution in [-0.2, 0) is 5.41 Å². The highest BCUT2D eigenvalue weighted by molar-refractivity contribution is 6.13. The van der Waals surface area contributed by atoms with Crippen LogP contribution >= 0.6 is 0 Å². The van der Waals surface area contributed by atoms with Gasteiger partial charge in [0.2, 0.25) is 0 Å². The third-order valence-electron chi connectivity index (χ3n) is 7.58. The van der Waals surface area contributed by atoms with Crippen LogP contribution in [0.3, 0.4) is 0 Å². The molecule has 0 unspecified atom stereocenters. The van der Waals surface area contributed by atoms with E-state index < -0.39 is 0 Å². The van der Waals surface area contributed by atoms with Gasteiger partial charge in [-0.15, -0.1) is 0 Å². The zero-order valence-corrected chi connectivity index (χ0v) is 19.4. The van der Waals surface area contributed by atoms with Gasteiger partial charge in [-0.3, -0.25) is 0 Å². The predicted octanol–water partition coefficient (Wildman–Crippen LogP) is 8.76. The quantitative estimate of drug-likeness (QED) is 0.256. The smallest absolute Gasteiger partial charge is 0.0588 e. The lowest BCUT2D eigenvalue weighted by Gasteiger charge is -2.23. The minimum atomic E-state index is -0.0679. The Morgan fingerprint density at radius 3 is 2.03 bits per heavy atom. The summed E-state index contributed by atoms with van der Waals surface area (Å²) in [5.41, 5.74) is 11.8. The van der Waals surface area contributed by atoms with Crippen molar-refractivity contribution < 1.29 is 0 Å². The van der Waals surface area contributed by atoms with E-state index in [9.17, 15) is 0 Å². The van der Waals surface area contributed by atoms with Crippen molar-refractivity contribution in [3.05, 3.63) is 126 Å². The molecule has 6 aromatic rings. The summed E-state index contributed by atoms with van der Waals surface area (Å²) in [6, 6.07) is 42.0. The summed E-state index contributed by atoms with van der Waals surface area (Å²) in [7, 11) is 0. The molecule has 0 aliphatic heterocycles. The second-order valence-electron chi connectivity index (χ2n) is 9.82. The third kappa shape index (κ3) is 2.55. The van der Waals surface area contributed by atoms with E-state index in [1.807, 2.05) is 0 Å². The molecule has 0 spiro atoms. The molecular formula is C33H25N. The van der Waals surface area contributed by atoms with Gasteiger partial charge in [0.05, 0.1) is 11.0 Å². The lowest BCUT2D eigenvalue weighted by Crippen LogP contribution is -2.16. The van der Waals surface area contributed by atoms with E-state index in [1.165, 1.54) is 60.9 Å². The van der Waals surface area contributed by atoms with Crippen LogP contribution in [0.4, 0.5) is 0 Å². The fraction of sp³-hybridized carbons (Fsp3) is 0.0909. The Bertz CT molecular complexity index is 1700. The van der Waals surface area contributed by atoms with Gasteiger partial charge >= 0.3 is 0 Å². The molecule has 0 fully saturated rings. The molecule has 0 saturated carbocycles. The van der Waals surface area contributed by atoms with Gasteiger partial charge in [-0.2, -0.15) is 0 Å². The van der Waals surface area contributed by atoms with Crippen LogP contribution < -0.4 is 0 Å². The summed E-state index contributed by atoms with van der Waals surface area (Å²) in [6.07, 6.45) is 0. The summed E-state index contributed by atoms with van der Waals surface area (Å²) in [4.78, 5) is 0. The fourth-order valence-electron chi connectivity index (χ4n) is 6.01. The third-order valence-corrected chi connectivity index (χ3v) is 7.58. The zero-order valence-electron chi connectivity index (χ0n) is 19.4. The monoisotopic (exact) mass is 435 g/mol. The number of para-hydroxylation sites is 1. The Hall–Kier alpha value is -4.10. The van der Waals surface area contributed by atoms with Crippen LogP contribution in [0.15, 0.2) is 115 Å². The number of benzene rings is 5. The molecule has 0 N–H and O–H groups in total. The molecule has 1 aliphatic rings. The number of hydrogen-bond donors (Lipinski definition) is 0. The molecule has 0 atom stereocenters. The standard InChI is InChI=1S/C33H25N/c1-33(2)29-14-8-6-12-25(29)27-20-21-28-26-13-7-9-15-30(26)34(32(28)31(27)33)24-18-16-23(17-19-24)22-10-4-3-5-11-22/h3-21H,1-2H3. The van der Waals surface area contributed by atoms with Crippen LogP contribution in [0.2, 0.25) is 0 Å². The average Bonchev–Trinajstić information content (AvgIpc) is 3.34. The summed E-state index contributed by atoms with van der Waals surface area (Å²) < 4.78 is 2.48. The van der Waals surface area contributed by atoms with Crippen molar-refractivity contribution in [1.29, 1.82) is 0 Å². The Morgan fingerprint density at radius 1 is 0.529 bits per heavy atom. The molecule has 0 amide bonds. The first kappa shape index (κ1) is 19.4. The largest absolute Gasteiger partial charge is 0.309 e. The van der Waals surface area contributed by atoms with Gasteiger partial charge in [-0.05, 0) is 51.6 Å². The number of rotatable bonds is 2. The van der Waals surface area contributed by atoms with E-state index in [0.717, 1.165) is 0 Å². The van der Waals surface area contributed by atoms with Crippen LogP contribution in [0.5, 0.6) is 0 Å². The van der Waals surface area contributed by atoms with Gasteiger partial charge in [0.1, 0.15) is 0 Å². The molecule has 1 heteroatoms. The normalized spacial score (nSPS) is 13.8. The number of aromatic nitrogens is 1. The van der Waals surface area contributed by atoms with E-state index in [-0.39, 0.29) is 5.41 Å². The van der Waals surface area contributed by atoms with Crippen LogP contribution in [0.1, 0.15) is 25.0 Å². The van der Waals surface area contributed by atoms with Crippen molar-refractivity contribution in [2.75, 3.05) is 0 Å². The first-order valence-electron chi connectivity index (χ1n) is 12.0. The van der Waals surface area contributed by atoms with Crippen LogP contribution in [0.25, 0.3) is 49.7 Å². The van der Waals surface area contributed by atoms with E-state index in [1.54, 1.807) is 0 Å². The van der Waals surface area contributed by atoms with Gasteiger partial charge in [0.25, 0.3) is 0 Å². The maximum absolute atomic E-state index is 2.48. The highest BCUT2D eigenvalue weighted by atomic mass is 15.0. The summed E-state index contributed by atoms with van der Waals surface area (Å²) in [6.45, 7) is 4.75. The fourth-order valence-corrected chi connectivity index (χ4v) is 6.01. The van der Waals surface area contributed by atoms with Gasteiger partial charge in [-0.25, -0.2) is 0 Å². The molecule has 34 heavy (non-hydrogen) atoms. The number of nitrogens with zero attached hydrogens (tertiary/aromatic N) is 1. The highest BCUT2D eigenvalue weighted by Gasteiger charge is 2.38. The van der Waals surface area contributed by atoms with Crippen LogP contribution in [-0.4, -0.2) is 4.57 Å². The summed E-state index contributed by atoms with van der Waals surface area (Å²) in [5, 5.41) is 2.63. The van der Waals surface area contributed by atoms with Gasteiger partial charge in [-0.1, -0.05) is 111 Å². The molecule has 0 bridgehead atoms. The lowest BCUT2D eigenvalue weighted by atomic mass is 9.81. The van der Waals surface area contributed by atoms with Crippen molar-refractivity contribution in [2.24, 2.45) is 0 Å². The first-order valence-corrected chi connectivity index (χ1v) is 12.0.